The summed E-state index contributed by atoms with van der Waals surface area (Å²) in [5.74, 6) is 0. The number of nitriles is 1. The van der Waals surface area contributed by atoms with Gasteiger partial charge in [0.05, 0.1) is 29.1 Å². The summed E-state index contributed by atoms with van der Waals surface area (Å²) < 4.78 is 39.4. The molecule has 0 aliphatic carbocycles. The number of hydrogen-bond donors (Lipinski definition) is 1. The van der Waals surface area contributed by atoms with Crippen LogP contribution in [0.25, 0.3) is 0 Å². The van der Waals surface area contributed by atoms with Crippen LogP contribution in [0.1, 0.15) is 16.8 Å². The molecule has 146 valence electrons. The molecule has 2 amide bonds. The van der Waals surface area contributed by atoms with Crippen molar-refractivity contribution in [1.82, 2.24) is 9.88 Å². The first kappa shape index (κ1) is 19.5. The van der Waals surface area contributed by atoms with Crippen LogP contribution >= 0.6 is 0 Å². The molecule has 2 aromatic rings. The zero-order valence-electron chi connectivity index (χ0n) is 15.1. The van der Waals surface area contributed by atoms with Gasteiger partial charge < -0.3 is 15.1 Å². The van der Waals surface area contributed by atoms with Crippen LogP contribution in [0.4, 0.5) is 29.3 Å². The Balaban J connectivity index is 1.64. The molecule has 1 aromatic heterocycles. The number of benzene rings is 1. The third-order valence-electron chi connectivity index (χ3n) is 4.52. The summed E-state index contributed by atoms with van der Waals surface area (Å²) >= 11 is 0. The fourth-order valence-corrected chi connectivity index (χ4v) is 2.97. The monoisotopic (exact) mass is 389 g/mol. The summed E-state index contributed by atoms with van der Waals surface area (Å²) in [6, 6.07) is 8.52. The van der Waals surface area contributed by atoms with E-state index in [4.69, 9.17) is 5.26 Å². The van der Waals surface area contributed by atoms with Crippen molar-refractivity contribution in [3.8, 4) is 6.07 Å². The molecule has 1 aliphatic heterocycles. The number of piperazine rings is 1. The lowest BCUT2D eigenvalue weighted by Gasteiger charge is -2.36. The van der Waals surface area contributed by atoms with Crippen LogP contribution in [0, 0.1) is 18.3 Å². The van der Waals surface area contributed by atoms with E-state index >= 15 is 0 Å². The lowest BCUT2D eigenvalue weighted by Crippen LogP contribution is -2.50. The molecule has 1 aliphatic rings. The number of carbonyl (C=O) groups excluding carboxylic acids is 1. The Kier molecular flexibility index (Phi) is 5.40. The van der Waals surface area contributed by atoms with E-state index in [0.29, 0.717) is 37.6 Å². The van der Waals surface area contributed by atoms with E-state index in [0.717, 1.165) is 11.8 Å². The molecule has 0 radical (unpaired) electrons. The van der Waals surface area contributed by atoms with Gasteiger partial charge in [0.2, 0.25) is 0 Å². The summed E-state index contributed by atoms with van der Waals surface area (Å²) in [5, 5.41) is 11.7. The van der Waals surface area contributed by atoms with E-state index in [1.54, 1.807) is 34.2 Å². The largest absolute Gasteiger partial charge is 0.417 e. The molecule has 1 fully saturated rings. The first-order valence-corrected chi connectivity index (χ1v) is 8.63. The van der Waals surface area contributed by atoms with Gasteiger partial charge in [-0.05, 0) is 37.3 Å². The molecular formula is C19H18F3N5O. The molecule has 3 rings (SSSR count). The predicted octanol–water partition coefficient (Wildman–Crippen LogP) is 3.63. The smallest absolute Gasteiger partial charge is 0.368 e. The number of amides is 2. The summed E-state index contributed by atoms with van der Waals surface area (Å²) in [6.07, 6.45) is -3.02. The van der Waals surface area contributed by atoms with Crippen LogP contribution in [0.5, 0.6) is 0 Å². The minimum Gasteiger partial charge on any atom is -0.368 e. The van der Waals surface area contributed by atoms with Crippen molar-refractivity contribution in [2.75, 3.05) is 36.4 Å². The number of anilines is 2. The Hall–Kier alpha value is -3.28. The maximum Gasteiger partial charge on any atom is 0.417 e. The average Bonchev–Trinajstić information content (AvgIpc) is 2.68. The van der Waals surface area contributed by atoms with Crippen molar-refractivity contribution >= 4 is 17.4 Å². The van der Waals surface area contributed by atoms with Gasteiger partial charge >= 0.3 is 12.2 Å². The number of aryl methyl sites for hydroxylation is 1. The quantitative estimate of drug-likeness (QED) is 0.851. The van der Waals surface area contributed by atoms with E-state index in [9.17, 15) is 18.0 Å². The second-order valence-corrected chi connectivity index (χ2v) is 6.43. The van der Waals surface area contributed by atoms with Crippen molar-refractivity contribution in [2.24, 2.45) is 0 Å². The SMILES string of the molecule is Cc1ccc(NC(=O)N2CCN(c3ccc(C#N)c(C(F)(F)F)c3)CC2)cn1. The van der Waals surface area contributed by atoms with Crippen molar-refractivity contribution in [3.63, 3.8) is 0 Å². The van der Waals surface area contributed by atoms with Gasteiger partial charge in [-0.1, -0.05) is 0 Å². The molecule has 1 N–H and O–H groups in total. The molecule has 0 saturated carbocycles. The number of urea groups is 1. The van der Waals surface area contributed by atoms with E-state index < -0.39 is 17.3 Å². The van der Waals surface area contributed by atoms with E-state index in [1.165, 1.54) is 12.1 Å². The first-order chi connectivity index (χ1) is 13.3. The Morgan fingerprint density at radius 3 is 2.46 bits per heavy atom. The highest BCUT2D eigenvalue weighted by atomic mass is 19.4. The van der Waals surface area contributed by atoms with Gasteiger partial charge in [0, 0.05) is 37.6 Å². The normalized spacial score (nSPS) is 14.5. The molecule has 2 heterocycles. The predicted molar refractivity (Wildman–Crippen MR) is 97.9 cm³/mol. The van der Waals surface area contributed by atoms with Gasteiger partial charge in [0.15, 0.2) is 0 Å². The van der Waals surface area contributed by atoms with Crippen LogP contribution in [0.3, 0.4) is 0 Å². The highest BCUT2D eigenvalue weighted by molar-refractivity contribution is 5.89. The molecule has 0 spiro atoms. The fourth-order valence-electron chi connectivity index (χ4n) is 2.97. The minimum atomic E-state index is -4.59. The second kappa shape index (κ2) is 7.76. The summed E-state index contributed by atoms with van der Waals surface area (Å²) in [5.41, 5.74) is 0.460. The van der Waals surface area contributed by atoms with E-state index in [1.807, 2.05) is 6.92 Å². The number of rotatable bonds is 2. The van der Waals surface area contributed by atoms with Crippen LogP contribution in [0.15, 0.2) is 36.5 Å². The molecule has 28 heavy (non-hydrogen) atoms. The summed E-state index contributed by atoms with van der Waals surface area (Å²) in [4.78, 5) is 19.8. The van der Waals surface area contributed by atoms with Gasteiger partial charge in [-0.15, -0.1) is 0 Å². The van der Waals surface area contributed by atoms with Crippen molar-refractivity contribution < 1.29 is 18.0 Å². The molecule has 0 bridgehead atoms. The molecule has 6 nitrogen and oxygen atoms in total. The standard InChI is InChI=1S/C19H18F3N5O/c1-13-2-4-15(12-24-13)25-18(28)27-8-6-26(7-9-27)16-5-3-14(11-23)17(10-16)19(20,21)22/h2-5,10,12H,6-9H2,1H3,(H,25,28). The number of halogens is 3. The minimum absolute atomic E-state index is 0.277. The zero-order chi connectivity index (χ0) is 20.3. The zero-order valence-corrected chi connectivity index (χ0v) is 15.1. The highest BCUT2D eigenvalue weighted by Crippen LogP contribution is 2.34. The fraction of sp³-hybridized carbons (Fsp3) is 0.316. The number of nitrogens with zero attached hydrogens (tertiary/aromatic N) is 4. The average molecular weight is 389 g/mol. The lowest BCUT2D eigenvalue weighted by molar-refractivity contribution is -0.137. The van der Waals surface area contributed by atoms with Gasteiger partial charge in [-0.2, -0.15) is 18.4 Å². The maximum absolute atomic E-state index is 13.1. The summed E-state index contributed by atoms with van der Waals surface area (Å²) in [7, 11) is 0. The van der Waals surface area contributed by atoms with Crippen LogP contribution < -0.4 is 10.2 Å². The maximum atomic E-state index is 13.1. The molecule has 9 heteroatoms. The van der Waals surface area contributed by atoms with Gasteiger partial charge in [-0.25, -0.2) is 4.79 Å². The van der Waals surface area contributed by atoms with E-state index in [2.05, 4.69) is 10.3 Å². The van der Waals surface area contributed by atoms with Crippen molar-refractivity contribution in [1.29, 1.82) is 5.26 Å². The van der Waals surface area contributed by atoms with Crippen molar-refractivity contribution in [3.05, 3.63) is 53.3 Å². The number of aromatic nitrogens is 1. The Labute approximate surface area is 160 Å². The Bertz CT molecular complexity index is 897. The number of nitrogens with one attached hydrogen (secondary N) is 1. The van der Waals surface area contributed by atoms with Crippen LogP contribution in [0.2, 0.25) is 0 Å². The van der Waals surface area contributed by atoms with Crippen LogP contribution in [-0.4, -0.2) is 42.1 Å². The van der Waals surface area contributed by atoms with Gasteiger partial charge in [0.25, 0.3) is 0 Å². The Morgan fingerprint density at radius 1 is 1.18 bits per heavy atom. The highest BCUT2D eigenvalue weighted by Gasteiger charge is 2.34. The molecule has 1 saturated heterocycles. The third-order valence-corrected chi connectivity index (χ3v) is 4.52. The summed E-state index contributed by atoms with van der Waals surface area (Å²) in [6.45, 7) is 3.36. The topological polar surface area (TPSA) is 72.3 Å². The molecule has 0 atom stereocenters. The number of carbonyl (C=O) groups is 1. The number of pyridine rings is 1. The van der Waals surface area contributed by atoms with Gasteiger partial charge in [0.1, 0.15) is 0 Å². The second-order valence-electron chi connectivity index (χ2n) is 6.43. The number of alkyl halides is 3. The lowest BCUT2D eigenvalue weighted by atomic mass is 10.1. The van der Waals surface area contributed by atoms with Crippen LogP contribution in [-0.2, 0) is 6.18 Å². The van der Waals surface area contributed by atoms with Crippen molar-refractivity contribution in [2.45, 2.75) is 13.1 Å². The Morgan fingerprint density at radius 2 is 1.89 bits per heavy atom. The van der Waals surface area contributed by atoms with E-state index in [-0.39, 0.29) is 6.03 Å². The number of hydrogen-bond acceptors (Lipinski definition) is 4. The molecule has 1 aromatic carbocycles. The van der Waals surface area contributed by atoms with Gasteiger partial charge in [-0.3, -0.25) is 4.98 Å². The third kappa shape index (κ3) is 4.34. The first-order valence-electron chi connectivity index (χ1n) is 8.63. The molecular weight excluding hydrogens is 371 g/mol. The molecule has 0 unspecified atom stereocenters.